The lowest BCUT2D eigenvalue weighted by Crippen LogP contribution is -2.51. The smallest absolute Gasteiger partial charge is 0.263 e. The molecule has 2 heterocycles. The molecule has 1 N–H and O–H groups in total. The maximum absolute atomic E-state index is 13.0. The van der Waals surface area contributed by atoms with E-state index in [1.807, 2.05) is 27.7 Å². The van der Waals surface area contributed by atoms with Crippen molar-refractivity contribution in [3.05, 3.63) is 33.4 Å². The van der Waals surface area contributed by atoms with Crippen molar-refractivity contribution in [2.24, 2.45) is 5.92 Å². The van der Waals surface area contributed by atoms with Gasteiger partial charge in [-0.25, -0.2) is 4.98 Å². The molecule has 0 radical (unpaired) electrons. The number of amides is 1. The average Bonchev–Trinajstić information content (AvgIpc) is 2.91. The predicted molar refractivity (Wildman–Crippen MR) is 116 cm³/mol. The average molecular weight is 419 g/mol. The van der Waals surface area contributed by atoms with Crippen molar-refractivity contribution >= 4 is 39.2 Å². The van der Waals surface area contributed by atoms with Gasteiger partial charge in [0.05, 0.1) is 16.7 Å². The van der Waals surface area contributed by atoms with E-state index < -0.39 is 10.8 Å². The van der Waals surface area contributed by atoms with Crippen LogP contribution in [0.4, 0.5) is 0 Å². The molecule has 150 valence electrons. The van der Waals surface area contributed by atoms with Crippen molar-refractivity contribution in [2.45, 2.75) is 64.0 Å². The molecule has 2 atom stereocenters. The molecular weight excluding hydrogens is 392 g/mol. The van der Waals surface area contributed by atoms with Gasteiger partial charge in [0, 0.05) is 11.4 Å². The number of thiophene rings is 1. The van der Waals surface area contributed by atoms with Gasteiger partial charge in [0.25, 0.3) is 5.56 Å². The van der Waals surface area contributed by atoms with E-state index in [2.05, 4.69) is 22.9 Å². The van der Waals surface area contributed by atoms with Crippen LogP contribution in [0.5, 0.6) is 0 Å². The van der Waals surface area contributed by atoms with Crippen molar-refractivity contribution in [2.75, 3.05) is 0 Å². The zero-order chi connectivity index (χ0) is 21.2. The highest BCUT2D eigenvalue weighted by molar-refractivity contribution is 8.00. The molecule has 0 saturated heterocycles. The second-order valence-corrected chi connectivity index (χ2v) is 9.79. The Kier molecular flexibility index (Phi) is 6.73. The summed E-state index contributed by atoms with van der Waals surface area (Å²) in [6, 6.07) is 2.18. The lowest BCUT2D eigenvalue weighted by atomic mass is 9.90. The van der Waals surface area contributed by atoms with E-state index in [0.717, 1.165) is 10.4 Å². The first kappa shape index (κ1) is 22.2. The number of aromatic nitrogens is 2. The Morgan fingerprint density at radius 3 is 2.64 bits per heavy atom. The van der Waals surface area contributed by atoms with E-state index >= 15 is 0 Å². The van der Waals surface area contributed by atoms with E-state index in [1.54, 1.807) is 24.5 Å². The standard InChI is InChI=1S/C20H26N4O2S2/c1-8-9-24-18(26)15-12(4)13(5)27-17(15)22-19(24)28-14(6)16(25)23-20(7,10-21)11(2)3/h8,11,14H,1,9H2,2-7H3,(H,23,25)/t14-,20-/m0/s1. The summed E-state index contributed by atoms with van der Waals surface area (Å²) in [4.78, 5) is 32.1. The molecule has 2 rings (SSSR count). The van der Waals surface area contributed by atoms with Gasteiger partial charge < -0.3 is 5.32 Å². The van der Waals surface area contributed by atoms with Crippen molar-refractivity contribution in [3.63, 3.8) is 0 Å². The minimum atomic E-state index is -0.952. The molecule has 0 aliphatic carbocycles. The fourth-order valence-electron chi connectivity index (χ4n) is 2.56. The van der Waals surface area contributed by atoms with Gasteiger partial charge in [0.1, 0.15) is 10.4 Å². The Morgan fingerprint density at radius 2 is 2.11 bits per heavy atom. The predicted octanol–water partition coefficient (Wildman–Crippen LogP) is 3.80. The van der Waals surface area contributed by atoms with E-state index in [-0.39, 0.29) is 17.4 Å². The first-order valence-electron chi connectivity index (χ1n) is 9.07. The zero-order valence-corrected chi connectivity index (χ0v) is 18.8. The van der Waals surface area contributed by atoms with Gasteiger partial charge in [-0.05, 0) is 39.2 Å². The summed E-state index contributed by atoms with van der Waals surface area (Å²) >= 11 is 2.69. The number of hydrogen-bond donors (Lipinski definition) is 1. The third-order valence-electron chi connectivity index (χ3n) is 4.99. The molecule has 0 bridgehead atoms. The van der Waals surface area contributed by atoms with E-state index in [4.69, 9.17) is 0 Å². The Hall–Kier alpha value is -2.11. The van der Waals surface area contributed by atoms with Crippen LogP contribution in [-0.4, -0.2) is 26.2 Å². The van der Waals surface area contributed by atoms with Crippen LogP contribution in [0.3, 0.4) is 0 Å². The molecule has 0 aliphatic heterocycles. The fraction of sp³-hybridized carbons (Fsp3) is 0.500. The molecule has 6 nitrogen and oxygen atoms in total. The Balaban J connectivity index is 2.41. The van der Waals surface area contributed by atoms with E-state index in [1.165, 1.54) is 23.1 Å². The molecule has 0 aromatic carbocycles. The fourth-order valence-corrected chi connectivity index (χ4v) is 4.55. The van der Waals surface area contributed by atoms with Gasteiger partial charge in [-0.3, -0.25) is 14.2 Å². The number of allylic oxidation sites excluding steroid dienone is 1. The van der Waals surface area contributed by atoms with E-state index in [0.29, 0.717) is 21.9 Å². The van der Waals surface area contributed by atoms with Crippen molar-refractivity contribution < 1.29 is 4.79 Å². The largest absolute Gasteiger partial charge is 0.337 e. The monoisotopic (exact) mass is 418 g/mol. The Labute approximate surface area is 173 Å². The number of carbonyl (C=O) groups excluding carboxylic acids is 1. The van der Waals surface area contributed by atoms with Gasteiger partial charge >= 0.3 is 0 Å². The third kappa shape index (κ3) is 4.15. The molecular formula is C20H26N4O2S2. The maximum Gasteiger partial charge on any atom is 0.263 e. The summed E-state index contributed by atoms with van der Waals surface area (Å²) in [5.41, 5.74) is -0.128. The van der Waals surface area contributed by atoms with E-state index in [9.17, 15) is 14.9 Å². The van der Waals surface area contributed by atoms with Crippen LogP contribution in [0.2, 0.25) is 0 Å². The van der Waals surface area contributed by atoms with Crippen LogP contribution in [-0.2, 0) is 11.3 Å². The number of nitrogens with one attached hydrogen (secondary N) is 1. The normalized spacial score (nSPS) is 14.5. The van der Waals surface area contributed by atoms with Crippen LogP contribution in [0.1, 0.15) is 38.1 Å². The highest BCUT2D eigenvalue weighted by Gasteiger charge is 2.32. The number of hydrogen-bond acceptors (Lipinski definition) is 6. The number of nitrogens with zero attached hydrogens (tertiary/aromatic N) is 3. The number of aryl methyl sites for hydroxylation is 2. The summed E-state index contributed by atoms with van der Waals surface area (Å²) < 4.78 is 1.55. The van der Waals surface area contributed by atoms with Gasteiger partial charge in [0.2, 0.25) is 5.91 Å². The molecule has 2 aromatic rings. The molecule has 0 spiro atoms. The molecule has 2 aromatic heterocycles. The van der Waals surface area contributed by atoms with Gasteiger partial charge in [-0.1, -0.05) is 31.7 Å². The van der Waals surface area contributed by atoms with Gasteiger partial charge in [0.15, 0.2) is 5.16 Å². The minimum Gasteiger partial charge on any atom is -0.337 e. The van der Waals surface area contributed by atoms with Crippen LogP contribution >= 0.6 is 23.1 Å². The Bertz CT molecular complexity index is 1020. The first-order chi connectivity index (χ1) is 13.1. The maximum atomic E-state index is 13.0. The number of thioether (sulfide) groups is 1. The molecule has 0 saturated carbocycles. The van der Waals surface area contributed by atoms with Crippen LogP contribution < -0.4 is 10.9 Å². The second kappa shape index (κ2) is 8.50. The first-order valence-corrected chi connectivity index (χ1v) is 10.8. The molecule has 0 aliphatic rings. The second-order valence-electron chi connectivity index (χ2n) is 7.28. The highest BCUT2D eigenvalue weighted by Crippen LogP contribution is 2.30. The quantitative estimate of drug-likeness (QED) is 0.420. The van der Waals surface area contributed by atoms with Crippen molar-refractivity contribution in [1.29, 1.82) is 5.26 Å². The molecule has 8 heteroatoms. The highest BCUT2D eigenvalue weighted by atomic mass is 32.2. The number of nitriles is 1. The number of rotatable bonds is 7. The minimum absolute atomic E-state index is 0.0378. The zero-order valence-electron chi connectivity index (χ0n) is 17.1. The topological polar surface area (TPSA) is 87.8 Å². The summed E-state index contributed by atoms with van der Waals surface area (Å²) in [6.45, 7) is 15.2. The van der Waals surface area contributed by atoms with Gasteiger partial charge in [-0.2, -0.15) is 5.26 Å². The van der Waals surface area contributed by atoms with Crippen LogP contribution in [0, 0.1) is 31.1 Å². The number of carbonyl (C=O) groups is 1. The van der Waals surface area contributed by atoms with Crippen molar-refractivity contribution in [3.8, 4) is 6.07 Å². The third-order valence-corrected chi connectivity index (χ3v) is 7.18. The molecule has 1 amide bonds. The summed E-state index contributed by atoms with van der Waals surface area (Å²) in [7, 11) is 0. The van der Waals surface area contributed by atoms with Crippen LogP contribution in [0.25, 0.3) is 10.2 Å². The lowest BCUT2D eigenvalue weighted by molar-refractivity contribution is -0.121. The summed E-state index contributed by atoms with van der Waals surface area (Å²) in [5, 5.41) is 12.8. The lowest BCUT2D eigenvalue weighted by Gasteiger charge is -2.28. The summed E-state index contributed by atoms with van der Waals surface area (Å²) in [6.07, 6.45) is 1.64. The Morgan fingerprint density at radius 1 is 1.46 bits per heavy atom. The number of fused-ring (bicyclic) bond motifs is 1. The van der Waals surface area contributed by atoms with Crippen LogP contribution in [0.15, 0.2) is 22.6 Å². The van der Waals surface area contributed by atoms with Gasteiger partial charge in [-0.15, -0.1) is 17.9 Å². The SMILES string of the molecule is C=CCn1c(S[C@@H](C)C(=O)N[C@@](C)(C#N)C(C)C)nc2sc(C)c(C)c2c1=O. The molecule has 28 heavy (non-hydrogen) atoms. The summed E-state index contributed by atoms with van der Waals surface area (Å²) in [5.74, 6) is -0.301. The molecule has 0 fully saturated rings. The van der Waals surface area contributed by atoms with Crippen molar-refractivity contribution in [1.82, 2.24) is 14.9 Å². The molecule has 0 unspecified atom stereocenters.